The van der Waals surface area contributed by atoms with Gasteiger partial charge in [0.2, 0.25) is 5.91 Å². The Hall–Kier alpha value is -0.570. The third kappa shape index (κ3) is 1.71. The standard InChI is InChI=1S/C8H16N2O/c1-6(2)7-8(11)9-4-5-10(7)3/h6-7H,4-5H2,1-3H3,(H,9,11)/t7-/m1/s1. The third-order valence-corrected chi connectivity index (χ3v) is 2.14. The number of piperazine rings is 1. The van der Waals surface area contributed by atoms with Gasteiger partial charge in [-0.2, -0.15) is 0 Å². The number of hydrogen-bond acceptors (Lipinski definition) is 2. The van der Waals surface area contributed by atoms with Crippen LogP contribution < -0.4 is 5.32 Å². The van der Waals surface area contributed by atoms with Crippen LogP contribution in [0, 0.1) is 5.92 Å². The summed E-state index contributed by atoms with van der Waals surface area (Å²) in [6.45, 7) is 5.91. The molecule has 0 aliphatic carbocycles. The van der Waals surface area contributed by atoms with E-state index in [4.69, 9.17) is 0 Å². The van der Waals surface area contributed by atoms with Crippen LogP contribution >= 0.6 is 0 Å². The molecule has 0 spiro atoms. The van der Waals surface area contributed by atoms with E-state index in [0.717, 1.165) is 13.1 Å². The summed E-state index contributed by atoms with van der Waals surface area (Å²) in [7, 11) is 2.00. The molecule has 0 bridgehead atoms. The van der Waals surface area contributed by atoms with Crippen LogP contribution in [0.2, 0.25) is 0 Å². The lowest BCUT2D eigenvalue weighted by atomic mass is 10.0. The van der Waals surface area contributed by atoms with Crippen LogP contribution in [0.1, 0.15) is 13.8 Å². The molecule has 0 radical (unpaired) electrons. The second kappa shape index (κ2) is 3.22. The Kier molecular flexibility index (Phi) is 2.49. The van der Waals surface area contributed by atoms with E-state index < -0.39 is 0 Å². The Morgan fingerprint density at radius 1 is 1.64 bits per heavy atom. The SMILES string of the molecule is CC(C)[C@@H]1C(=O)NCCN1C. The molecule has 1 atom stereocenters. The maximum Gasteiger partial charge on any atom is 0.237 e. The van der Waals surface area contributed by atoms with Gasteiger partial charge in [-0.25, -0.2) is 0 Å². The summed E-state index contributed by atoms with van der Waals surface area (Å²) in [5, 5.41) is 2.86. The summed E-state index contributed by atoms with van der Waals surface area (Å²) in [4.78, 5) is 13.4. The maximum atomic E-state index is 11.3. The van der Waals surface area contributed by atoms with Crippen LogP contribution in [-0.4, -0.2) is 37.0 Å². The fourth-order valence-electron chi connectivity index (χ4n) is 1.61. The minimum atomic E-state index is 0.0729. The monoisotopic (exact) mass is 156 g/mol. The predicted molar refractivity (Wildman–Crippen MR) is 44.3 cm³/mol. The van der Waals surface area contributed by atoms with Crippen molar-refractivity contribution in [2.24, 2.45) is 5.92 Å². The van der Waals surface area contributed by atoms with Gasteiger partial charge in [0.15, 0.2) is 0 Å². The van der Waals surface area contributed by atoms with E-state index in [2.05, 4.69) is 24.1 Å². The quantitative estimate of drug-likeness (QED) is 0.583. The average Bonchev–Trinajstić information content (AvgIpc) is 1.85. The molecule has 1 N–H and O–H groups in total. The highest BCUT2D eigenvalue weighted by atomic mass is 16.2. The number of carbonyl (C=O) groups is 1. The normalized spacial score (nSPS) is 27.3. The van der Waals surface area contributed by atoms with Gasteiger partial charge in [0.1, 0.15) is 0 Å². The molecule has 0 aromatic carbocycles. The van der Waals surface area contributed by atoms with Gasteiger partial charge in [0.25, 0.3) is 0 Å². The average molecular weight is 156 g/mol. The van der Waals surface area contributed by atoms with Crippen molar-refractivity contribution in [1.82, 2.24) is 10.2 Å². The lowest BCUT2D eigenvalue weighted by Gasteiger charge is -2.34. The fourth-order valence-corrected chi connectivity index (χ4v) is 1.61. The van der Waals surface area contributed by atoms with Gasteiger partial charge in [-0.15, -0.1) is 0 Å². The number of hydrogen-bond donors (Lipinski definition) is 1. The zero-order valence-electron chi connectivity index (χ0n) is 7.42. The number of rotatable bonds is 1. The molecular formula is C8H16N2O. The largest absolute Gasteiger partial charge is 0.353 e. The van der Waals surface area contributed by atoms with Gasteiger partial charge in [0, 0.05) is 13.1 Å². The molecule has 0 aromatic rings. The van der Waals surface area contributed by atoms with Crippen LogP contribution in [0.4, 0.5) is 0 Å². The minimum Gasteiger partial charge on any atom is -0.353 e. The van der Waals surface area contributed by atoms with Crippen molar-refractivity contribution in [3.8, 4) is 0 Å². The van der Waals surface area contributed by atoms with Crippen molar-refractivity contribution < 1.29 is 4.79 Å². The van der Waals surface area contributed by atoms with Gasteiger partial charge < -0.3 is 5.32 Å². The number of carbonyl (C=O) groups excluding carboxylic acids is 1. The van der Waals surface area contributed by atoms with Crippen molar-refractivity contribution in [1.29, 1.82) is 0 Å². The van der Waals surface area contributed by atoms with Crippen LogP contribution in [0.3, 0.4) is 0 Å². The molecule has 11 heavy (non-hydrogen) atoms. The molecule has 0 aromatic heterocycles. The van der Waals surface area contributed by atoms with E-state index in [0.29, 0.717) is 5.92 Å². The zero-order chi connectivity index (χ0) is 8.43. The van der Waals surface area contributed by atoms with E-state index in [9.17, 15) is 4.79 Å². The van der Waals surface area contributed by atoms with Crippen molar-refractivity contribution in [2.45, 2.75) is 19.9 Å². The topological polar surface area (TPSA) is 32.3 Å². The molecule has 1 heterocycles. The number of likely N-dealkylation sites (N-methyl/N-ethyl adjacent to an activating group) is 1. The molecule has 1 rings (SSSR count). The minimum absolute atomic E-state index is 0.0729. The Bertz CT molecular complexity index is 156. The summed E-state index contributed by atoms with van der Waals surface area (Å²) < 4.78 is 0. The number of nitrogens with one attached hydrogen (secondary N) is 1. The van der Waals surface area contributed by atoms with Gasteiger partial charge in [-0.1, -0.05) is 13.8 Å². The van der Waals surface area contributed by atoms with E-state index in [-0.39, 0.29) is 11.9 Å². The highest BCUT2D eigenvalue weighted by Crippen LogP contribution is 2.10. The number of amides is 1. The molecule has 1 fully saturated rings. The summed E-state index contributed by atoms with van der Waals surface area (Å²) >= 11 is 0. The molecule has 1 aliphatic rings. The summed E-state index contributed by atoms with van der Waals surface area (Å²) in [6.07, 6.45) is 0. The highest BCUT2D eigenvalue weighted by molar-refractivity contribution is 5.82. The van der Waals surface area contributed by atoms with E-state index in [1.807, 2.05) is 7.05 Å². The smallest absolute Gasteiger partial charge is 0.237 e. The molecule has 1 amide bonds. The Labute approximate surface area is 67.8 Å². The van der Waals surface area contributed by atoms with Gasteiger partial charge in [-0.05, 0) is 13.0 Å². The van der Waals surface area contributed by atoms with E-state index in [1.54, 1.807) is 0 Å². The summed E-state index contributed by atoms with van der Waals surface area (Å²) in [5.74, 6) is 0.578. The molecule has 0 saturated carbocycles. The lowest BCUT2D eigenvalue weighted by Crippen LogP contribution is -2.55. The molecule has 64 valence electrons. The van der Waals surface area contributed by atoms with Crippen LogP contribution in [0.5, 0.6) is 0 Å². The number of nitrogens with zero attached hydrogens (tertiary/aromatic N) is 1. The highest BCUT2D eigenvalue weighted by Gasteiger charge is 2.28. The van der Waals surface area contributed by atoms with E-state index in [1.165, 1.54) is 0 Å². The molecule has 3 nitrogen and oxygen atoms in total. The van der Waals surface area contributed by atoms with Crippen LogP contribution in [-0.2, 0) is 4.79 Å². The molecule has 1 saturated heterocycles. The zero-order valence-corrected chi connectivity index (χ0v) is 7.42. The van der Waals surface area contributed by atoms with Gasteiger partial charge in [-0.3, -0.25) is 9.69 Å². The van der Waals surface area contributed by atoms with Crippen molar-refractivity contribution in [3.63, 3.8) is 0 Å². The van der Waals surface area contributed by atoms with Gasteiger partial charge in [0.05, 0.1) is 6.04 Å². The summed E-state index contributed by atoms with van der Waals surface area (Å²) in [6, 6.07) is 0.0729. The summed E-state index contributed by atoms with van der Waals surface area (Å²) in [5.41, 5.74) is 0. The first-order valence-corrected chi connectivity index (χ1v) is 4.11. The third-order valence-electron chi connectivity index (χ3n) is 2.14. The maximum absolute atomic E-state index is 11.3. The van der Waals surface area contributed by atoms with Crippen molar-refractivity contribution >= 4 is 5.91 Å². The first-order chi connectivity index (χ1) is 5.13. The lowest BCUT2D eigenvalue weighted by molar-refractivity contribution is -0.129. The Morgan fingerprint density at radius 3 is 2.64 bits per heavy atom. The fraction of sp³-hybridized carbons (Fsp3) is 0.875. The Morgan fingerprint density at radius 2 is 2.27 bits per heavy atom. The molecule has 0 unspecified atom stereocenters. The second-order valence-corrected chi connectivity index (χ2v) is 3.46. The second-order valence-electron chi connectivity index (χ2n) is 3.46. The van der Waals surface area contributed by atoms with Crippen LogP contribution in [0.25, 0.3) is 0 Å². The van der Waals surface area contributed by atoms with Crippen molar-refractivity contribution in [2.75, 3.05) is 20.1 Å². The van der Waals surface area contributed by atoms with Crippen molar-refractivity contribution in [3.05, 3.63) is 0 Å². The molecular weight excluding hydrogens is 140 g/mol. The van der Waals surface area contributed by atoms with E-state index >= 15 is 0 Å². The molecule has 1 aliphatic heterocycles. The van der Waals surface area contributed by atoms with Crippen LogP contribution in [0.15, 0.2) is 0 Å². The first-order valence-electron chi connectivity index (χ1n) is 4.11. The van der Waals surface area contributed by atoms with Gasteiger partial charge >= 0.3 is 0 Å². The first kappa shape index (κ1) is 8.53. The predicted octanol–water partition coefficient (Wildman–Crippen LogP) is 0.0726. The Balaban J connectivity index is 2.63. The molecule has 3 heteroatoms.